The molecule has 6 heteroatoms. The van der Waals surface area contributed by atoms with Crippen LogP contribution in [-0.2, 0) is 0 Å². The van der Waals surface area contributed by atoms with Crippen LogP contribution in [0.2, 0.25) is 0 Å². The van der Waals surface area contributed by atoms with Crippen LogP contribution in [0, 0.1) is 5.82 Å². The zero-order valence-electron chi connectivity index (χ0n) is 18.2. The molecule has 0 bridgehead atoms. The topological polar surface area (TPSA) is 46.1 Å². The Balaban J connectivity index is 1.28. The van der Waals surface area contributed by atoms with Crippen LogP contribution >= 0.6 is 0 Å². The minimum atomic E-state index is -0.447. The van der Waals surface area contributed by atoms with Crippen LogP contribution in [-0.4, -0.2) is 47.2 Å². The summed E-state index contributed by atoms with van der Waals surface area (Å²) in [5.41, 5.74) is 2.74. The van der Waals surface area contributed by atoms with Crippen molar-refractivity contribution in [3.05, 3.63) is 83.8 Å². The number of likely N-dealkylation sites (tertiary alicyclic amines) is 1. The summed E-state index contributed by atoms with van der Waals surface area (Å²) in [7, 11) is 0. The lowest BCUT2D eigenvalue weighted by Crippen LogP contribution is -2.41. The lowest BCUT2D eigenvalue weighted by Gasteiger charge is -2.33. The van der Waals surface area contributed by atoms with Crippen molar-refractivity contribution >= 4 is 17.4 Å². The van der Waals surface area contributed by atoms with Crippen LogP contribution in [0.4, 0.5) is 15.9 Å². The maximum atomic E-state index is 14.0. The Kier molecular flexibility index (Phi) is 5.70. The highest BCUT2D eigenvalue weighted by molar-refractivity contribution is 5.94. The maximum Gasteiger partial charge on any atom is 0.256 e. The largest absolute Gasteiger partial charge is 0.339 e. The van der Waals surface area contributed by atoms with Gasteiger partial charge in [0.2, 0.25) is 0 Å². The van der Waals surface area contributed by atoms with E-state index in [0.29, 0.717) is 19.0 Å². The Bertz CT molecular complexity index is 1070. The first-order chi connectivity index (χ1) is 15.7. The third kappa shape index (κ3) is 3.79. The number of benzene rings is 2. The normalized spacial score (nSPS) is 18.6. The molecule has 0 N–H and O–H groups in total. The number of hydrogen-bond donors (Lipinski definition) is 0. The highest BCUT2D eigenvalue weighted by Crippen LogP contribution is 2.39. The fourth-order valence-electron chi connectivity index (χ4n) is 5.27. The zero-order chi connectivity index (χ0) is 22.0. The van der Waals surface area contributed by atoms with Gasteiger partial charge < -0.3 is 4.90 Å². The molecule has 164 valence electrons. The van der Waals surface area contributed by atoms with E-state index >= 15 is 0 Å². The Morgan fingerprint density at radius 2 is 1.66 bits per heavy atom. The summed E-state index contributed by atoms with van der Waals surface area (Å²) in [6.45, 7) is 3.40. The van der Waals surface area contributed by atoms with Crippen molar-refractivity contribution in [3.8, 4) is 0 Å². The van der Waals surface area contributed by atoms with Crippen LogP contribution in [0.1, 0.15) is 47.5 Å². The second kappa shape index (κ2) is 8.79. The lowest BCUT2D eigenvalue weighted by molar-refractivity contribution is 0.0708. The molecule has 2 fully saturated rings. The van der Waals surface area contributed by atoms with E-state index < -0.39 is 5.82 Å². The van der Waals surface area contributed by atoms with Crippen LogP contribution in [0.5, 0.6) is 0 Å². The quantitative estimate of drug-likeness (QED) is 0.542. The van der Waals surface area contributed by atoms with Gasteiger partial charge in [0.15, 0.2) is 0 Å². The van der Waals surface area contributed by atoms with Crippen LogP contribution in [0.3, 0.4) is 0 Å². The number of quaternary nitrogens is 1. The third-order valence-corrected chi connectivity index (χ3v) is 7.07. The third-order valence-electron chi connectivity index (χ3n) is 7.07. The van der Waals surface area contributed by atoms with E-state index in [4.69, 9.17) is 0 Å². The zero-order valence-corrected chi connectivity index (χ0v) is 18.2. The van der Waals surface area contributed by atoms with Crippen molar-refractivity contribution in [1.82, 2.24) is 19.6 Å². The monoisotopic (exact) mass is 431 g/mol. The van der Waals surface area contributed by atoms with Crippen LogP contribution in [0.25, 0.3) is 0 Å². The van der Waals surface area contributed by atoms with E-state index in [0.717, 1.165) is 36.2 Å². The fourth-order valence-corrected chi connectivity index (χ4v) is 5.27. The molecular formula is C26H28FN4O+. The Morgan fingerprint density at radius 3 is 2.31 bits per heavy atom. The molecule has 2 aliphatic heterocycles. The minimum absolute atomic E-state index is 0.166. The van der Waals surface area contributed by atoms with Crippen molar-refractivity contribution in [2.45, 2.75) is 31.6 Å². The average molecular weight is 432 g/mol. The molecule has 0 aliphatic carbocycles. The Hall–Kier alpha value is -3.12. The van der Waals surface area contributed by atoms with Crippen molar-refractivity contribution < 1.29 is 9.18 Å². The average Bonchev–Trinajstić information content (AvgIpc) is 3.36. The van der Waals surface area contributed by atoms with Gasteiger partial charge in [0.05, 0.1) is 24.8 Å². The molecule has 3 heterocycles. The molecule has 0 atom stereocenters. The number of carbonyl (C=O) groups excluding carboxylic acids is 1. The maximum absolute atomic E-state index is 14.0. The van der Waals surface area contributed by atoms with Gasteiger partial charge in [0, 0.05) is 32.0 Å². The molecule has 3 aromatic rings. The molecule has 2 aromatic carbocycles. The van der Waals surface area contributed by atoms with Crippen molar-refractivity contribution in [2.75, 3.05) is 26.2 Å². The van der Waals surface area contributed by atoms with E-state index in [2.05, 4.69) is 40.5 Å². The predicted octanol–water partition coefficient (Wildman–Crippen LogP) is 5.07. The summed E-state index contributed by atoms with van der Waals surface area (Å²) in [5.74, 6) is 0.772. The van der Waals surface area contributed by atoms with Gasteiger partial charge in [0.1, 0.15) is 11.5 Å². The van der Waals surface area contributed by atoms with Crippen molar-refractivity contribution in [3.63, 3.8) is 0 Å². The summed E-state index contributed by atoms with van der Waals surface area (Å²) in [4.78, 5) is 14.5. The second-order valence-corrected chi connectivity index (χ2v) is 8.84. The number of aromatic nitrogens is 2. The standard InChI is InChI=1S/C26H28FN4O/c27-24-7-2-1-6-23(24)26(32)30-16-13-21(14-17-30)20-9-11-22(12-10-20)31(18-3-4-19-31)25-8-5-15-28-29-25/h1-2,5-12,15,21H,3-4,13-14,16-19H2/q+1. The number of carbonyl (C=O) groups is 1. The van der Waals surface area contributed by atoms with Crippen molar-refractivity contribution in [2.24, 2.45) is 0 Å². The molecule has 0 unspecified atom stereocenters. The van der Waals surface area contributed by atoms with E-state index in [1.54, 1.807) is 29.3 Å². The molecule has 0 spiro atoms. The fraction of sp³-hybridized carbons (Fsp3) is 0.346. The number of rotatable bonds is 4. The molecule has 0 saturated carbocycles. The molecular weight excluding hydrogens is 403 g/mol. The first kappa shape index (κ1) is 20.8. The smallest absolute Gasteiger partial charge is 0.256 e. The molecule has 5 rings (SSSR count). The summed E-state index contributed by atoms with van der Waals surface area (Å²) in [6, 6.07) is 19.2. The van der Waals surface area contributed by atoms with E-state index in [-0.39, 0.29) is 11.5 Å². The van der Waals surface area contributed by atoms with Gasteiger partial charge in [0.25, 0.3) is 11.7 Å². The molecule has 2 aliphatic rings. The first-order valence-electron chi connectivity index (χ1n) is 11.5. The molecule has 0 radical (unpaired) electrons. The van der Waals surface area contributed by atoms with Gasteiger partial charge in [-0.3, -0.25) is 4.79 Å². The van der Waals surface area contributed by atoms with Crippen LogP contribution in [0.15, 0.2) is 66.9 Å². The van der Waals surface area contributed by atoms with Gasteiger partial charge in [-0.2, -0.15) is 5.10 Å². The highest BCUT2D eigenvalue weighted by Gasteiger charge is 2.38. The number of hydrogen-bond acceptors (Lipinski definition) is 3. The summed E-state index contributed by atoms with van der Waals surface area (Å²) in [6.07, 6.45) is 5.88. The second-order valence-electron chi connectivity index (χ2n) is 8.84. The molecule has 1 aromatic heterocycles. The Morgan fingerprint density at radius 1 is 0.938 bits per heavy atom. The van der Waals surface area contributed by atoms with Gasteiger partial charge >= 0.3 is 0 Å². The van der Waals surface area contributed by atoms with Gasteiger partial charge in [-0.05, 0) is 54.7 Å². The first-order valence-corrected chi connectivity index (χ1v) is 11.5. The number of amides is 1. The molecule has 2 saturated heterocycles. The van der Waals surface area contributed by atoms with E-state index in [1.165, 1.54) is 30.2 Å². The van der Waals surface area contributed by atoms with Crippen molar-refractivity contribution in [1.29, 1.82) is 0 Å². The summed E-state index contributed by atoms with van der Waals surface area (Å²) in [5, 5.41) is 8.55. The molecule has 5 nitrogen and oxygen atoms in total. The van der Waals surface area contributed by atoms with E-state index in [9.17, 15) is 9.18 Å². The number of nitrogens with zero attached hydrogens (tertiary/aromatic N) is 4. The summed E-state index contributed by atoms with van der Waals surface area (Å²) >= 11 is 0. The predicted molar refractivity (Wildman–Crippen MR) is 123 cm³/mol. The minimum Gasteiger partial charge on any atom is -0.339 e. The number of piperidine rings is 1. The molecule has 32 heavy (non-hydrogen) atoms. The van der Waals surface area contributed by atoms with Gasteiger partial charge in [-0.25, -0.2) is 8.87 Å². The summed E-state index contributed by atoms with van der Waals surface area (Å²) < 4.78 is 14.8. The molecule has 1 amide bonds. The lowest BCUT2D eigenvalue weighted by atomic mass is 9.89. The van der Waals surface area contributed by atoms with E-state index in [1.807, 2.05) is 6.07 Å². The Labute approximate surface area is 188 Å². The van der Waals surface area contributed by atoms with Gasteiger partial charge in [-0.1, -0.05) is 29.4 Å². The van der Waals surface area contributed by atoms with Gasteiger partial charge in [-0.15, -0.1) is 0 Å². The highest BCUT2D eigenvalue weighted by atomic mass is 19.1. The number of halogens is 1. The van der Waals surface area contributed by atoms with Crippen LogP contribution < -0.4 is 4.48 Å². The SMILES string of the molecule is O=C(c1ccccc1F)N1CCC(c2ccc([N+]3(c4cccnn4)CCCC3)cc2)CC1.